The highest BCUT2D eigenvalue weighted by molar-refractivity contribution is 9.11. The molecule has 160 valence electrons. The van der Waals surface area contributed by atoms with Crippen molar-refractivity contribution in [1.82, 2.24) is 14.8 Å². The highest BCUT2D eigenvalue weighted by atomic mass is 79.9. The lowest BCUT2D eigenvalue weighted by molar-refractivity contribution is 0.484. The first-order valence-electron chi connectivity index (χ1n) is 7.80. The fourth-order valence-electron chi connectivity index (χ4n) is 2.61. The van der Waals surface area contributed by atoms with Crippen LogP contribution in [0.15, 0.2) is 58.0 Å². The van der Waals surface area contributed by atoms with Crippen molar-refractivity contribution in [2.75, 3.05) is 0 Å². The summed E-state index contributed by atoms with van der Waals surface area (Å²) in [6, 6.07) is 8.88. The van der Waals surface area contributed by atoms with E-state index in [1.54, 1.807) is 28.9 Å². The lowest BCUT2D eigenvalue weighted by Crippen LogP contribution is -2.19. The molecule has 30 heavy (non-hydrogen) atoms. The number of benzene rings is 2. The molecule has 15 heteroatoms. The van der Waals surface area contributed by atoms with Crippen molar-refractivity contribution in [1.29, 1.82) is 0 Å². The van der Waals surface area contributed by atoms with Gasteiger partial charge in [0.25, 0.3) is 0 Å². The van der Waals surface area contributed by atoms with E-state index in [0.717, 1.165) is 0 Å². The summed E-state index contributed by atoms with van der Waals surface area (Å²) in [6.07, 6.45) is 2.85. The van der Waals surface area contributed by atoms with Gasteiger partial charge in [-0.25, -0.2) is 9.67 Å². The average molecular weight is 583 g/mol. The summed E-state index contributed by atoms with van der Waals surface area (Å²) in [5.74, 6) is 0.0216. The highest BCUT2D eigenvalue weighted by Crippen LogP contribution is 2.36. The van der Waals surface area contributed by atoms with E-state index in [2.05, 4.69) is 41.9 Å². The van der Waals surface area contributed by atoms with Gasteiger partial charge in [0.1, 0.15) is 18.7 Å². The van der Waals surface area contributed by atoms with Gasteiger partial charge >= 0.3 is 20.6 Å². The Bertz CT molecular complexity index is 1200. The number of nitrogens with zero attached hydrogens (tertiary/aromatic N) is 3. The molecule has 1 aromatic heterocycles. The Morgan fingerprint density at radius 3 is 1.67 bits per heavy atom. The first-order chi connectivity index (χ1) is 13.9. The summed E-state index contributed by atoms with van der Waals surface area (Å²) in [5.41, 5.74) is 1.36. The van der Waals surface area contributed by atoms with Crippen molar-refractivity contribution in [2.45, 2.75) is 6.04 Å². The van der Waals surface area contributed by atoms with Gasteiger partial charge in [-0.3, -0.25) is 0 Å². The number of hydrogen-bond acceptors (Lipinski definition) is 8. The second kappa shape index (κ2) is 8.60. The minimum atomic E-state index is -4.19. The molecule has 0 aliphatic heterocycles. The molecule has 3 aromatic rings. The molecular weight excluding hydrogens is 570 g/mol. The van der Waals surface area contributed by atoms with Crippen molar-refractivity contribution in [2.24, 2.45) is 10.3 Å². The maximum atomic E-state index is 11.2. The third-order valence-corrected chi connectivity index (χ3v) is 5.72. The van der Waals surface area contributed by atoms with E-state index in [1.165, 1.54) is 24.8 Å². The molecule has 0 unspecified atom stereocenters. The van der Waals surface area contributed by atoms with Crippen LogP contribution in [0, 0.1) is 0 Å². The average Bonchev–Trinajstić information content (AvgIpc) is 3.12. The van der Waals surface area contributed by atoms with Gasteiger partial charge in [0.2, 0.25) is 0 Å². The molecule has 0 aliphatic rings. The van der Waals surface area contributed by atoms with Crippen LogP contribution in [-0.2, 0) is 20.6 Å². The quantitative estimate of drug-likeness (QED) is 0.423. The molecule has 0 amide bonds. The minimum absolute atomic E-state index is 0.0108. The van der Waals surface area contributed by atoms with Gasteiger partial charge < -0.3 is 8.37 Å². The molecule has 0 spiro atoms. The standard InChI is InChI=1S/C15H13Br2N5O6S2/c16-11-5-9(1-3-13(11)27-29(18,23)24)15(22-8-20-7-21-22)10-2-4-14(12(17)6-10)28-30(19,25)26/h1-8,15H,(H2,18,23,24)(H2,19,25,26). The van der Waals surface area contributed by atoms with Crippen LogP contribution in [0.3, 0.4) is 0 Å². The van der Waals surface area contributed by atoms with Gasteiger partial charge in [-0.2, -0.15) is 32.2 Å². The maximum Gasteiger partial charge on any atom is 0.380 e. The minimum Gasteiger partial charge on any atom is -0.370 e. The summed E-state index contributed by atoms with van der Waals surface area (Å²) in [5, 5.41) is 14.0. The predicted octanol–water partition coefficient (Wildman–Crippen LogP) is 1.61. The van der Waals surface area contributed by atoms with Crippen LogP contribution in [-0.4, -0.2) is 31.6 Å². The summed E-state index contributed by atoms with van der Waals surface area (Å²) in [6.45, 7) is 0. The SMILES string of the molecule is NS(=O)(=O)Oc1ccc(C(c2ccc(OS(N)(=O)=O)c(Br)c2)n2cncn2)cc1Br. The Labute approximate surface area is 188 Å². The number of nitrogens with two attached hydrogens (primary N) is 2. The number of hydrogen-bond donors (Lipinski definition) is 2. The molecule has 0 bridgehead atoms. The summed E-state index contributed by atoms with van der Waals surface area (Å²) in [4.78, 5) is 3.96. The smallest absolute Gasteiger partial charge is 0.370 e. The molecular formula is C15H13Br2N5O6S2. The van der Waals surface area contributed by atoms with Gasteiger partial charge in [0.15, 0.2) is 11.5 Å². The number of aromatic nitrogens is 3. The van der Waals surface area contributed by atoms with Crippen molar-refractivity contribution in [3.63, 3.8) is 0 Å². The number of halogens is 2. The Hall–Kier alpha value is -2.04. The molecule has 0 atom stereocenters. The predicted molar refractivity (Wildman–Crippen MR) is 113 cm³/mol. The van der Waals surface area contributed by atoms with Crippen LogP contribution < -0.4 is 18.6 Å². The van der Waals surface area contributed by atoms with E-state index in [4.69, 9.17) is 18.6 Å². The monoisotopic (exact) mass is 581 g/mol. The number of rotatable bonds is 7. The topological polar surface area (TPSA) is 169 Å². The first kappa shape index (κ1) is 22.6. The zero-order chi connectivity index (χ0) is 22.1. The molecule has 11 nitrogen and oxygen atoms in total. The van der Waals surface area contributed by atoms with Crippen LogP contribution in [0.4, 0.5) is 0 Å². The molecule has 3 rings (SSSR count). The summed E-state index contributed by atoms with van der Waals surface area (Å²) in [7, 11) is -8.38. The lowest BCUT2D eigenvalue weighted by atomic mass is 9.98. The molecule has 0 aliphatic carbocycles. The van der Waals surface area contributed by atoms with Crippen LogP contribution in [0.1, 0.15) is 17.2 Å². The molecule has 0 saturated heterocycles. The summed E-state index contributed by atoms with van der Waals surface area (Å²) < 4.78 is 56.4. The van der Waals surface area contributed by atoms with Crippen molar-refractivity contribution in [3.8, 4) is 11.5 Å². The van der Waals surface area contributed by atoms with Crippen LogP contribution >= 0.6 is 31.9 Å². The molecule has 4 N–H and O–H groups in total. The van der Waals surface area contributed by atoms with Crippen molar-refractivity contribution >= 4 is 52.5 Å². The fourth-order valence-corrected chi connectivity index (χ4v) is 4.57. The maximum absolute atomic E-state index is 11.2. The third-order valence-electron chi connectivity index (χ3n) is 3.66. The van der Waals surface area contributed by atoms with Gasteiger partial charge in [-0.05, 0) is 67.3 Å². The molecule has 0 radical (unpaired) electrons. The van der Waals surface area contributed by atoms with Crippen molar-refractivity contribution < 1.29 is 25.2 Å². The molecule has 2 aromatic carbocycles. The Balaban J connectivity index is 2.06. The Kier molecular flexibility index (Phi) is 6.49. The van der Waals surface area contributed by atoms with E-state index >= 15 is 0 Å². The van der Waals surface area contributed by atoms with E-state index in [-0.39, 0.29) is 11.5 Å². The normalized spacial score (nSPS) is 12.2. The summed E-state index contributed by atoms with van der Waals surface area (Å²) >= 11 is 6.53. The zero-order valence-electron chi connectivity index (χ0n) is 14.7. The molecule has 1 heterocycles. The van der Waals surface area contributed by atoms with Crippen molar-refractivity contribution in [3.05, 3.63) is 69.1 Å². The van der Waals surface area contributed by atoms with E-state index < -0.39 is 26.7 Å². The molecule has 0 saturated carbocycles. The second-order valence-electron chi connectivity index (χ2n) is 5.81. The van der Waals surface area contributed by atoms with Gasteiger partial charge in [-0.15, -0.1) is 0 Å². The van der Waals surface area contributed by atoms with Gasteiger partial charge in [0.05, 0.1) is 8.95 Å². The zero-order valence-corrected chi connectivity index (χ0v) is 19.5. The second-order valence-corrected chi connectivity index (χ2v) is 9.82. The van der Waals surface area contributed by atoms with E-state index in [0.29, 0.717) is 20.1 Å². The highest BCUT2D eigenvalue weighted by Gasteiger charge is 2.21. The lowest BCUT2D eigenvalue weighted by Gasteiger charge is -2.20. The van der Waals surface area contributed by atoms with Crippen LogP contribution in [0.2, 0.25) is 0 Å². The van der Waals surface area contributed by atoms with Crippen LogP contribution in [0.25, 0.3) is 0 Å². The Morgan fingerprint density at radius 1 is 0.867 bits per heavy atom. The van der Waals surface area contributed by atoms with Gasteiger partial charge in [0, 0.05) is 0 Å². The third kappa shape index (κ3) is 5.77. The fraction of sp³-hybridized carbons (Fsp3) is 0.0667. The largest absolute Gasteiger partial charge is 0.380 e. The van der Waals surface area contributed by atoms with E-state index in [9.17, 15) is 16.8 Å². The van der Waals surface area contributed by atoms with E-state index in [1.807, 2.05) is 0 Å². The van der Waals surface area contributed by atoms with Gasteiger partial charge in [-0.1, -0.05) is 12.1 Å². The molecule has 0 fully saturated rings. The first-order valence-corrected chi connectivity index (χ1v) is 12.3. The Morgan fingerprint density at radius 2 is 1.33 bits per heavy atom. The van der Waals surface area contributed by atoms with Crippen LogP contribution in [0.5, 0.6) is 11.5 Å².